The highest BCUT2D eigenvalue weighted by Gasteiger charge is 2.16. The Morgan fingerprint density at radius 1 is 1.40 bits per heavy atom. The van der Waals surface area contributed by atoms with Crippen LogP contribution >= 0.6 is 0 Å². The van der Waals surface area contributed by atoms with E-state index >= 15 is 0 Å². The molecule has 1 saturated heterocycles. The Bertz CT molecular complexity index is 439. The van der Waals surface area contributed by atoms with E-state index in [0.29, 0.717) is 5.69 Å². The number of hydrogen-bond donors (Lipinski definition) is 1. The van der Waals surface area contributed by atoms with Gasteiger partial charge in [0.2, 0.25) is 0 Å². The van der Waals surface area contributed by atoms with Crippen LogP contribution < -0.4 is 10.5 Å². The Labute approximate surface area is 87.3 Å². The number of anilines is 1. The minimum Gasteiger partial charge on any atom is -0.369 e. The van der Waals surface area contributed by atoms with Crippen LogP contribution in [0.3, 0.4) is 0 Å². The molecule has 0 amide bonds. The molecule has 0 atom stereocenters. The van der Waals surface area contributed by atoms with Gasteiger partial charge in [0.1, 0.15) is 11.6 Å². The van der Waals surface area contributed by atoms with Gasteiger partial charge in [0, 0.05) is 13.1 Å². The van der Waals surface area contributed by atoms with Gasteiger partial charge in [-0.3, -0.25) is 4.79 Å². The molecule has 1 aromatic heterocycles. The molecule has 0 radical (unpaired) electrons. The number of aromatic amines is 1. The SMILES string of the molecule is N#Cc1c(N2CCCCC2)cn[nH]c1=O. The lowest BCUT2D eigenvalue weighted by Crippen LogP contribution is -2.32. The normalized spacial score (nSPS) is 16.1. The molecule has 1 aromatic rings. The predicted molar refractivity (Wildman–Crippen MR) is 55.6 cm³/mol. The maximum absolute atomic E-state index is 11.3. The summed E-state index contributed by atoms with van der Waals surface area (Å²) in [5.41, 5.74) is 0.438. The summed E-state index contributed by atoms with van der Waals surface area (Å²) < 4.78 is 0. The Morgan fingerprint density at radius 2 is 2.13 bits per heavy atom. The highest BCUT2D eigenvalue weighted by molar-refractivity contribution is 5.56. The fourth-order valence-electron chi connectivity index (χ4n) is 1.87. The number of H-pyrrole nitrogens is 1. The zero-order valence-corrected chi connectivity index (χ0v) is 8.36. The Kier molecular flexibility index (Phi) is 2.68. The maximum Gasteiger partial charge on any atom is 0.284 e. The zero-order valence-electron chi connectivity index (χ0n) is 8.36. The van der Waals surface area contributed by atoms with E-state index < -0.39 is 5.56 Å². The van der Waals surface area contributed by atoms with Gasteiger partial charge in [-0.05, 0) is 19.3 Å². The first-order chi connectivity index (χ1) is 7.33. The quantitative estimate of drug-likeness (QED) is 0.728. The number of nitriles is 1. The van der Waals surface area contributed by atoms with Crippen molar-refractivity contribution >= 4 is 5.69 Å². The van der Waals surface area contributed by atoms with Crippen molar-refractivity contribution in [3.05, 3.63) is 22.1 Å². The third-order valence-electron chi connectivity index (χ3n) is 2.64. The van der Waals surface area contributed by atoms with Crippen LogP contribution in [0.5, 0.6) is 0 Å². The number of nitrogens with one attached hydrogen (secondary N) is 1. The van der Waals surface area contributed by atoms with Crippen molar-refractivity contribution in [2.24, 2.45) is 0 Å². The van der Waals surface area contributed by atoms with Gasteiger partial charge in [-0.2, -0.15) is 10.4 Å². The van der Waals surface area contributed by atoms with Crippen LogP contribution in [0.25, 0.3) is 0 Å². The van der Waals surface area contributed by atoms with Crippen molar-refractivity contribution in [2.45, 2.75) is 19.3 Å². The van der Waals surface area contributed by atoms with Gasteiger partial charge in [0.25, 0.3) is 5.56 Å². The molecule has 2 heterocycles. The molecule has 15 heavy (non-hydrogen) atoms. The number of aromatic nitrogens is 2. The smallest absolute Gasteiger partial charge is 0.284 e. The number of hydrogen-bond acceptors (Lipinski definition) is 4. The molecule has 0 unspecified atom stereocenters. The van der Waals surface area contributed by atoms with E-state index in [2.05, 4.69) is 15.1 Å². The molecule has 1 N–H and O–H groups in total. The standard InChI is InChI=1S/C10H12N4O/c11-6-8-9(7-12-13-10(8)15)14-4-2-1-3-5-14/h7H,1-5H2,(H,13,15). The molecule has 1 aliphatic rings. The lowest BCUT2D eigenvalue weighted by molar-refractivity contribution is 0.576. The molecule has 0 aromatic carbocycles. The summed E-state index contributed by atoms with van der Waals surface area (Å²) in [6.45, 7) is 1.81. The van der Waals surface area contributed by atoms with Gasteiger partial charge >= 0.3 is 0 Å². The molecule has 0 bridgehead atoms. The van der Waals surface area contributed by atoms with Crippen molar-refractivity contribution < 1.29 is 0 Å². The summed E-state index contributed by atoms with van der Waals surface area (Å²) in [5.74, 6) is 0. The number of piperidine rings is 1. The fourth-order valence-corrected chi connectivity index (χ4v) is 1.87. The lowest BCUT2D eigenvalue weighted by atomic mass is 10.1. The molecular weight excluding hydrogens is 192 g/mol. The van der Waals surface area contributed by atoms with Crippen LogP contribution in [0.1, 0.15) is 24.8 Å². The summed E-state index contributed by atoms with van der Waals surface area (Å²) in [6.07, 6.45) is 5.00. The van der Waals surface area contributed by atoms with Gasteiger partial charge in [0.05, 0.1) is 11.9 Å². The topological polar surface area (TPSA) is 72.8 Å². The van der Waals surface area contributed by atoms with Gasteiger partial charge < -0.3 is 4.90 Å². The molecule has 78 valence electrons. The largest absolute Gasteiger partial charge is 0.369 e. The first-order valence-electron chi connectivity index (χ1n) is 5.05. The fraction of sp³-hybridized carbons (Fsp3) is 0.500. The second kappa shape index (κ2) is 4.13. The van der Waals surface area contributed by atoms with Crippen molar-refractivity contribution in [1.82, 2.24) is 10.2 Å². The first kappa shape index (κ1) is 9.71. The summed E-state index contributed by atoms with van der Waals surface area (Å²) >= 11 is 0. The molecule has 1 fully saturated rings. The van der Waals surface area contributed by atoms with E-state index in [0.717, 1.165) is 25.9 Å². The predicted octanol–water partition coefficient (Wildman–Crippen LogP) is 0.632. The van der Waals surface area contributed by atoms with E-state index in [1.165, 1.54) is 6.42 Å². The van der Waals surface area contributed by atoms with Crippen LogP contribution in [0.4, 0.5) is 5.69 Å². The second-order valence-electron chi connectivity index (χ2n) is 3.62. The Hall–Kier alpha value is -1.83. The third kappa shape index (κ3) is 1.84. The third-order valence-corrected chi connectivity index (χ3v) is 2.64. The van der Waals surface area contributed by atoms with Crippen molar-refractivity contribution in [2.75, 3.05) is 18.0 Å². The second-order valence-corrected chi connectivity index (χ2v) is 3.62. The Balaban J connectivity index is 2.39. The highest BCUT2D eigenvalue weighted by Crippen LogP contribution is 2.19. The summed E-state index contributed by atoms with van der Waals surface area (Å²) in [6, 6.07) is 1.94. The van der Waals surface area contributed by atoms with E-state index in [9.17, 15) is 4.79 Å². The molecular formula is C10H12N4O. The summed E-state index contributed by atoms with van der Waals surface area (Å²) in [5, 5.41) is 14.9. The van der Waals surface area contributed by atoms with E-state index in [4.69, 9.17) is 5.26 Å². The molecule has 0 aliphatic carbocycles. The van der Waals surface area contributed by atoms with Crippen LogP contribution in [-0.2, 0) is 0 Å². The van der Waals surface area contributed by atoms with Gasteiger partial charge in [0.15, 0.2) is 0 Å². The van der Waals surface area contributed by atoms with Crippen LogP contribution in [0.15, 0.2) is 11.0 Å². The molecule has 0 saturated carbocycles. The highest BCUT2D eigenvalue weighted by atomic mass is 16.1. The monoisotopic (exact) mass is 204 g/mol. The average molecular weight is 204 g/mol. The molecule has 1 aliphatic heterocycles. The zero-order chi connectivity index (χ0) is 10.7. The lowest BCUT2D eigenvalue weighted by Gasteiger charge is -2.28. The van der Waals surface area contributed by atoms with Crippen LogP contribution in [0, 0.1) is 11.3 Å². The van der Waals surface area contributed by atoms with E-state index in [1.807, 2.05) is 6.07 Å². The van der Waals surface area contributed by atoms with Gasteiger partial charge in [-0.25, -0.2) is 5.10 Å². The first-order valence-corrected chi connectivity index (χ1v) is 5.05. The van der Waals surface area contributed by atoms with Crippen molar-refractivity contribution in [3.63, 3.8) is 0 Å². The van der Waals surface area contributed by atoms with Crippen molar-refractivity contribution in [3.8, 4) is 6.07 Å². The summed E-state index contributed by atoms with van der Waals surface area (Å²) in [4.78, 5) is 13.4. The van der Waals surface area contributed by atoms with Crippen LogP contribution in [0.2, 0.25) is 0 Å². The van der Waals surface area contributed by atoms with Crippen molar-refractivity contribution in [1.29, 1.82) is 5.26 Å². The number of rotatable bonds is 1. The molecule has 0 spiro atoms. The molecule has 5 nitrogen and oxygen atoms in total. The van der Waals surface area contributed by atoms with E-state index in [1.54, 1.807) is 6.20 Å². The van der Waals surface area contributed by atoms with Gasteiger partial charge in [-0.1, -0.05) is 0 Å². The van der Waals surface area contributed by atoms with Gasteiger partial charge in [-0.15, -0.1) is 0 Å². The molecule has 5 heteroatoms. The number of nitrogens with zero attached hydrogens (tertiary/aromatic N) is 3. The maximum atomic E-state index is 11.3. The molecule has 2 rings (SSSR count). The average Bonchev–Trinajstić information content (AvgIpc) is 2.30. The van der Waals surface area contributed by atoms with E-state index in [-0.39, 0.29) is 5.56 Å². The van der Waals surface area contributed by atoms with Crippen LogP contribution in [-0.4, -0.2) is 23.3 Å². The Morgan fingerprint density at radius 3 is 2.80 bits per heavy atom. The minimum absolute atomic E-state index is 0.173. The minimum atomic E-state index is -0.402. The summed E-state index contributed by atoms with van der Waals surface area (Å²) in [7, 11) is 0.